The minimum atomic E-state index is -0.539. The average Bonchev–Trinajstić information content (AvgIpc) is 3.09. The van der Waals surface area contributed by atoms with Crippen LogP contribution in [-0.4, -0.2) is 66.9 Å². The van der Waals surface area contributed by atoms with Crippen LogP contribution >= 0.6 is 0 Å². The Morgan fingerprint density at radius 3 is 2.46 bits per heavy atom. The summed E-state index contributed by atoms with van der Waals surface area (Å²) in [5.74, 6) is -0.513. The summed E-state index contributed by atoms with van der Waals surface area (Å²) in [7, 11) is 0. The Morgan fingerprint density at radius 1 is 1.11 bits per heavy atom. The smallest absolute Gasteiger partial charge is 0.250 e. The summed E-state index contributed by atoms with van der Waals surface area (Å²) in [5.41, 5.74) is 9.43. The van der Waals surface area contributed by atoms with Crippen LogP contribution in [0.5, 0.6) is 0 Å². The summed E-state index contributed by atoms with van der Waals surface area (Å²) in [6, 6.07) is 5.28. The number of aromatic nitrogens is 2. The van der Waals surface area contributed by atoms with Crippen LogP contribution in [0.4, 0.5) is 5.69 Å². The highest BCUT2D eigenvalue weighted by Crippen LogP contribution is 2.37. The van der Waals surface area contributed by atoms with E-state index >= 15 is 0 Å². The van der Waals surface area contributed by atoms with E-state index in [1.807, 2.05) is 13.0 Å². The number of Topliss-reactive ketones (excluding diaryl/α,β-unsaturated/α-hetero) is 1. The van der Waals surface area contributed by atoms with E-state index in [0.29, 0.717) is 68.4 Å². The van der Waals surface area contributed by atoms with Crippen molar-refractivity contribution < 1.29 is 23.9 Å². The molecule has 2 amide bonds. The topological polar surface area (TPSA) is 138 Å². The molecule has 1 aromatic carbocycles. The lowest BCUT2D eigenvalue weighted by Crippen LogP contribution is -2.28. The summed E-state index contributed by atoms with van der Waals surface area (Å²) in [6.45, 7) is 10.0. The van der Waals surface area contributed by atoms with Crippen molar-refractivity contribution in [2.75, 3.05) is 44.8 Å². The number of benzene rings is 1. The van der Waals surface area contributed by atoms with Gasteiger partial charge in [-0.2, -0.15) is 5.10 Å². The molecule has 0 bridgehead atoms. The Bertz CT molecular complexity index is 1090. The molecule has 0 saturated heterocycles. The van der Waals surface area contributed by atoms with E-state index in [9.17, 15) is 14.4 Å². The van der Waals surface area contributed by atoms with Crippen molar-refractivity contribution in [3.63, 3.8) is 0 Å². The number of hydrogen-bond acceptors (Lipinski definition) is 7. The first-order chi connectivity index (χ1) is 16.6. The third-order valence-corrected chi connectivity index (χ3v) is 5.79. The molecule has 2 aromatic rings. The molecule has 0 spiro atoms. The third-order valence-electron chi connectivity index (χ3n) is 5.79. The largest absolute Gasteiger partial charge is 0.382 e. The quantitative estimate of drug-likeness (QED) is 0.391. The number of primary amides is 1. The Labute approximate surface area is 205 Å². The van der Waals surface area contributed by atoms with Gasteiger partial charge in [0.25, 0.3) is 5.91 Å². The number of anilines is 1. The number of hydrogen-bond donors (Lipinski definition) is 3. The third kappa shape index (κ3) is 6.89. The standard InChI is InChI=1S/C25H35N5O5/c1-16-23-21(14-25(3,4)15-22(23)32)30(29-16)18-5-6-19(24(26)33)20(13-18)28-8-10-35-12-11-34-9-7-27-17(2)31/h5-6,13,28H,7-12,14-15H2,1-4H3,(H2,26,33)(H,27,31). The molecule has 1 aliphatic rings. The zero-order valence-corrected chi connectivity index (χ0v) is 20.9. The van der Waals surface area contributed by atoms with E-state index in [-0.39, 0.29) is 17.1 Å². The molecule has 190 valence electrons. The number of aryl methyl sites for hydroxylation is 1. The van der Waals surface area contributed by atoms with Crippen LogP contribution in [0, 0.1) is 12.3 Å². The maximum Gasteiger partial charge on any atom is 0.250 e. The van der Waals surface area contributed by atoms with Crippen molar-refractivity contribution >= 4 is 23.3 Å². The van der Waals surface area contributed by atoms with Gasteiger partial charge in [-0.3, -0.25) is 14.4 Å². The number of nitrogens with two attached hydrogens (primary N) is 1. The SMILES string of the molecule is CC(=O)NCCOCCOCCNc1cc(-n2nc(C)c3c2CC(C)(C)CC3=O)ccc1C(N)=O. The second-order valence-electron chi connectivity index (χ2n) is 9.49. The molecule has 1 heterocycles. The number of rotatable bonds is 12. The van der Waals surface area contributed by atoms with Gasteiger partial charge in [-0.15, -0.1) is 0 Å². The van der Waals surface area contributed by atoms with Crippen molar-refractivity contribution in [2.24, 2.45) is 11.1 Å². The van der Waals surface area contributed by atoms with Crippen molar-refractivity contribution in [2.45, 2.75) is 40.5 Å². The Morgan fingerprint density at radius 2 is 1.80 bits per heavy atom. The van der Waals surface area contributed by atoms with E-state index in [4.69, 9.17) is 15.2 Å². The second-order valence-corrected chi connectivity index (χ2v) is 9.49. The molecule has 35 heavy (non-hydrogen) atoms. The van der Waals surface area contributed by atoms with E-state index in [1.165, 1.54) is 6.92 Å². The molecule has 10 heteroatoms. The fourth-order valence-corrected chi connectivity index (χ4v) is 4.26. The molecule has 3 rings (SSSR count). The lowest BCUT2D eigenvalue weighted by molar-refractivity contribution is -0.119. The molecule has 0 radical (unpaired) electrons. The average molecular weight is 486 g/mol. The van der Waals surface area contributed by atoms with Crippen LogP contribution in [0.3, 0.4) is 0 Å². The Balaban J connectivity index is 1.63. The lowest BCUT2D eigenvalue weighted by atomic mass is 9.75. The van der Waals surface area contributed by atoms with Gasteiger partial charge >= 0.3 is 0 Å². The number of nitrogens with one attached hydrogen (secondary N) is 2. The number of fused-ring (bicyclic) bond motifs is 1. The predicted octanol–water partition coefficient (Wildman–Crippen LogP) is 2.02. The first kappa shape index (κ1) is 26.4. The van der Waals surface area contributed by atoms with Crippen molar-refractivity contribution in [1.82, 2.24) is 15.1 Å². The maximum atomic E-state index is 12.7. The van der Waals surface area contributed by atoms with Gasteiger partial charge in [0.05, 0.1) is 54.6 Å². The number of ketones is 1. The number of nitrogens with zero attached hydrogens (tertiary/aromatic N) is 2. The van der Waals surface area contributed by atoms with Gasteiger partial charge in [-0.05, 0) is 37.0 Å². The number of carbonyl (C=O) groups excluding carboxylic acids is 3. The van der Waals surface area contributed by atoms with E-state index < -0.39 is 5.91 Å². The minimum Gasteiger partial charge on any atom is -0.382 e. The summed E-state index contributed by atoms with van der Waals surface area (Å²) in [5, 5.41) is 10.5. The molecular formula is C25H35N5O5. The molecule has 0 unspecified atom stereocenters. The second kappa shape index (κ2) is 11.5. The lowest BCUT2D eigenvalue weighted by Gasteiger charge is -2.29. The molecule has 0 atom stereocenters. The Kier molecular flexibility index (Phi) is 8.63. The van der Waals surface area contributed by atoms with Crippen LogP contribution in [0.15, 0.2) is 18.2 Å². The van der Waals surface area contributed by atoms with Crippen LogP contribution in [-0.2, 0) is 20.7 Å². The molecule has 10 nitrogen and oxygen atoms in total. The van der Waals surface area contributed by atoms with Gasteiger partial charge in [0.1, 0.15) is 0 Å². The van der Waals surface area contributed by atoms with Crippen LogP contribution in [0.1, 0.15) is 59.3 Å². The molecular weight excluding hydrogens is 450 g/mol. The monoisotopic (exact) mass is 485 g/mol. The zero-order valence-electron chi connectivity index (χ0n) is 20.9. The molecule has 1 aliphatic carbocycles. The number of carbonyl (C=O) groups is 3. The van der Waals surface area contributed by atoms with E-state index in [0.717, 1.165) is 17.8 Å². The van der Waals surface area contributed by atoms with Crippen molar-refractivity contribution in [1.29, 1.82) is 0 Å². The van der Waals surface area contributed by atoms with Gasteiger partial charge in [0.15, 0.2) is 5.78 Å². The van der Waals surface area contributed by atoms with Crippen molar-refractivity contribution in [3.05, 3.63) is 40.7 Å². The summed E-state index contributed by atoms with van der Waals surface area (Å²) in [6.07, 6.45) is 1.23. The number of amides is 2. The van der Waals surface area contributed by atoms with E-state index in [2.05, 4.69) is 29.6 Å². The molecule has 0 aliphatic heterocycles. The molecule has 4 N–H and O–H groups in total. The minimum absolute atomic E-state index is 0.0878. The number of ether oxygens (including phenoxy) is 2. The predicted molar refractivity (Wildman–Crippen MR) is 132 cm³/mol. The molecule has 1 aromatic heterocycles. The maximum absolute atomic E-state index is 12.7. The van der Waals surface area contributed by atoms with Gasteiger partial charge in [0.2, 0.25) is 5.91 Å². The normalized spacial score (nSPS) is 14.5. The molecule has 0 fully saturated rings. The van der Waals surface area contributed by atoms with Crippen molar-refractivity contribution in [3.8, 4) is 5.69 Å². The van der Waals surface area contributed by atoms with Gasteiger partial charge < -0.3 is 25.8 Å². The fraction of sp³-hybridized carbons (Fsp3) is 0.520. The van der Waals surface area contributed by atoms with Crippen LogP contribution in [0.25, 0.3) is 5.69 Å². The van der Waals surface area contributed by atoms with Crippen LogP contribution < -0.4 is 16.4 Å². The van der Waals surface area contributed by atoms with Crippen LogP contribution in [0.2, 0.25) is 0 Å². The zero-order chi connectivity index (χ0) is 25.6. The fourth-order valence-electron chi connectivity index (χ4n) is 4.26. The first-order valence-electron chi connectivity index (χ1n) is 11.8. The first-order valence-corrected chi connectivity index (χ1v) is 11.8. The molecule has 0 saturated carbocycles. The summed E-state index contributed by atoms with van der Waals surface area (Å²) in [4.78, 5) is 35.5. The summed E-state index contributed by atoms with van der Waals surface area (Å²) >= 11 is 0. The van der Waals surface area contributed by atoms with Gasteiger partial charge in [-0.1, -0.05) is 13.8 Å². The van der Waals surface area contributed by atoms with E-state index in [1.54, 1.807) is 16.8 Å². The Hall–Kier alpha value is -3.24. The van der Waals surface area contributed by atoms with Gasteiger partial charge in [-0.25, -0.2) is 4.68 Å². The highest BCUT2D eigenvalue weighted by Gasteiger charge is 2.35. The highest BCUT2D eigenvalue weighted by atomic mass is 16.5. The highest BCUT2D eigenvalue weighted by molar-refractivity contribution is 6.00. The van der Waals surface area contributed by atoms with Gasteiger partial charge in [0, 0.05) is 32.1 Å². The summed E-state index contributed by atoms with van der Waals surface area (Å²) < 4.78 is 12.7.